The van der Waals surface area contributed by atoms with Gasteiger partial charge < -0.3 is 19.3 Å². The maximum absolute atomic E-state index is 13.6. The monoisotopic (exact) mass is 478 g/mol. The number of halogens is 3. The standard InChI is InChI=1S/C16H13F3N2O7.C2H6.CH2O2/c1-26-13-7-11(12(21(24)25)8-14(13)27-2)15(16(17,18)19)28-10-5-3-9(4-6-10)20(22)23;1-2;2-1-3/h3-8,15H,1-2H3;1-2H3;1H,(H,2,3). The maximum atomic E-state index is 13.6. The van der Waals surface area contributed by atoms with Crippen molar-refractivity contribution in [3.8, 4) is 17.2 Å². The second-order valence-electron chi connectivity index (χ2n) is 5.42. The van der Waals surface area contributed by atoms with Gasteiger partial charge in [-0.25, -0.2) is 0 Å². The van der Waals surface area contributed by atoms with Crippen molar-refractivity contribution in [1.29, 1.82) is 0 Å². The van der Waals surface area contributed by atoms with Crippen molar-refractivity contribution in [3.05, 3.63) is 62.2 Å². The second kappa shape index (κ2) is 13.3. The van der Waals surface area contributed by atoms with Crippen LogP contribution in [0.15, 0.2) is 36.4 Å². The zero-order chi connectivity index (χ0) is 25.8. The number of rotatable bonds is 7. The first kappa shape index (κ1) is 28.9. The molecule has 0 radical (unpaired) electrons. The molecular weight excluding hydrogens is 457 g/mol. The van der Waals surface area contributed by atoms with Gasteiger partial charge in [0.2, 0.25) is 6.10 Å². The fourth-order valence-electron chi connectivity index (χ4n) is 2.34. The van der Waals surface area contributed by atoms with Gasteiger partial charge in [-0.2, -0.15) is 13.2 Å². The minimum absolute atomic E-state index is 0.130. The summed E-state index contributed by atoms with van der Waals surface area (Å²) >= 11 is 0. The van der Waals surface area contributed by atoms with E-state index >= 15 is 0 Å². The summed E-state index contributed by atoms with van der Waals surface area (Å²) in [5, 5.41) is 28.8. The third-order valence-corrected chi connectivity index (χ3v) is 3.61. The van der Waals surface area contributed by atoms with Crippen LogP contribution in [-0.2, 0) is 4.79 Å². The van der Waals surface area contributed by atoms with Crippen molar-refractivity contribution < 1.29 is 47.1 Å². The molecule has 0 amide bonds. The van der Waals surface area contributed by atoms with Crippen molar-refractivity contribution >= 4 is 17.8 Å². The van der Waals surface area contributed by atoms with Crippen LogP contribution in [0, 0.1) is 20.2 Å². The highest BCUT2D eigenvalue weighted by molar-refractivity contribution is 5.55. The van der Waals surface area contributed by atoms with Gasteiger partial charge in [-0.1, -0.05) is 13.8 Å². The third kappa shape index (κ3) is 8.16. The van der Waals surface area contributed by atoms with Gasteiger partial charge in [-0.3, -0.25) is 25.0 Å². The van der Waals surface area contributed by atoms with Gasteiger partial charge in [-0.15, -0.1) is 0 Å². The summed E-state index contributed by atoms with van der Waals surface area (Å²) in [5.74, 6) is -0.657. The largest absolute Gasteiger partial charge is 0.493 e. The summed E-state index contributed by atoms with van der Waals surface area (Å²) in [6.07, 6.45) is -7.76. The number of carboxylic acid groups (broad SMARTS) is 1. The molecule has 0 aliphatic carbocycles. The van der Waals surface area contributed by atoms with E-state index in [-0.39, 0.29) is 29.4 Å². The quantitative estimate of drug-likeness (QED) is 0.332. The number of alkyl halides is 3. The molecule has 14 heteroatoms. The number of hydrogen-bond acceptors (Lipinski definition) is 8. The van der Waals surface area contributed by atoms with Crippen LogP contribution in [0.25, 0.3) is 0 Å². The van der Waals surface area contributed by atoms with Gasteiger partial charge in [0, 0.05) is 12.1 Å². The normalized spacial score (nSPS) is 10.9. The van der Waals surface area contributed by atoms with E-state index in [1.54, 1.807) is 0 Å². The lowest BCUT2D eigenvalue weighted by molar-refractivity contribution is -0.387. The Labute approximate surface area is 185 Å². The average molecular weight is 478 g/mol. The fourth-order valence-corrected chi connectivity index (χ4v) is 2.34. The van der Waals surface area contributed by atoms with Gasteiger partial charge in [0.1, 0.15) is 5.75 Å². The molecule has 0 spiro atoms. The molecule has 182 valence electrons. The lowest BCUT2D eigenvalue weighted by Gasteiger charge is -2.23. The van der Waals surface area contributed by atoms with E-state index in [0.717, 1.165) is 43.5 Å². The Hall–Kier alpha value is -4.10. The summed E-state index contributed by atoms with van der Waals surface area (Å²) in [6.45, 7) is 3.75. The van der Waals surface area contributed by atoms with Crippen LogP contribution in [0.1, 0.15) is 25.5 Å². The van der Waals surface area contributed by atoms with Gasteiger partial charge >= 0.3 is 6.18 Å². The molecule has 0 bridgehead atoms. The molecule has 0 aliphatic rings. The highest BCUT2D eigenvalue weighted by Gasteiger charge is 2.47. The van der Waals surface area contributed by atoms with Crippen LogP contribution in [0.4, 0.5) is 24.5 Å². The van der Waals surface area contributed by atoms with Gasteiger partial charge in [0.05, 0.1) is 35.7 Å². The van der Waals surface area contributed by atoms with E-state index in [0.29, 0.717) is 0 Å². The smallest absolute Gasteiger partial charge is 0.429 e. The Morgan fingerprint density at radius 1 is 0.970 bits per heavy atom. The average Bonchev–Trinajstić information content (AvgIpc) is 2.78. The van der Waals surface area contributed by atoms with Crippen molar-refractivity contribution in [2.24, 2.45) is 0 Å². The Morgan fingerprint density at radius 2 is 1.42 bits per heavy atom. The Bertz CT molecular complexity index is 935. The van der Waals surface area contributed by atoms with Crippen molar-refractivity contribution in [2.45, 2.75) is 26.1 Å². The number of non-ortho nitro benzene ring substituents is 1. The third-order valence-electron chi connectivity index (χ3n) is 3.61. The van der Waals surface area contributed by atoms with Crippen molar-refractivity contribution in [1.82, 2.24) is 0 Å². The van der Waals surface area contributed by atoms with E-state index in [9.17, 15) is 33.4 Å². The molecule has 2 rings (SSSR count). The molecule has 1 atom stereocenters. The number of benzene rings is 2. The first-order valence-electron chi connectivity index (χ1n) is 8.96. The SMILES string of the molecule is CC.COc1cc(C(Oc2ccc([N+](=O)[O-])cc2)C(F)(F)F)c([N+](=O)[O-])cc1OC.O=CO. The molecule has 1 N–H and O–H groups in total. The number of hydrogen-bond donors (Lipinski definition) is 1. The molecule has 0 saturated heterocycles. The van der Waals surface area contributed by atoms with Crippen LogP contribution >= 0.6 is 0 Å². The highest BCUT2D eigenvalue weighted by Crippen LogP contribution is 2.44. The molecule has 0 saturated carbocycles. The predicted molar refractivity (Wildman–Crippen MR) is 109 cm³/mol. The maximum Gasteiger partial charge on any atom is 0.429 e. The molecule has 0 heterocycles. The number of ether oxygens (including phenoxy) is 3. The predicted octanol–water partition coefficient (Wildman–Crippen LogP) is 4.93. The number of nitrogens with zero attached hydrogens (tertiary/aromatic N) is 2. The van der Waals surface area contributed by atoms with Crippen molar-refractivity contribution in [2.75, 3.05) is 14.2 Å². The minimum Gasteiger partial charge on any atom is -0.493 e. The van der Waals surface area contributed by atoms with Crippen LogP contribution in [0.5, 0.6) is 17.2 Å². The van der Waals surface area contributed by atoms with Crippen LogP contribution in [-0.4, -0.2) is 41.8 Å². The lowest BCUT2D eigenvalue weighted by Crippen LogP contribution is -2.27. The van der Waals surface area contributed by atoms with Gasteiger partial charge in [0.25, 0.3) is 17.8 Å². The topological polar surface area (TPSA) is 151 Å². The van der Waals surface area contributed by atoms with E-state index in [2.05, 4.69) is 0 Å². The second-order valence-corrected chi connectivity index (χ2v) is 5.42. The van der Waals surface area contributed by atoms with Gasteiger partial charge in [-0.05, 0) is 18.2 Å². The zero-order valence-corrected chi connectivity index (χ0v) is 17.9. The molecule has 33 heavy (non-hydrogen) atoms. The first-order chi connectivity index (χ1) is 15.5. The molecule has 1 unspecified atom stereocenters. The number of nitro benzene ring substituents is 2. The highest BCUT2D eigenvalue weighted by atomic mass is 19.4. The van der Waals surface area contributed by atoms with E-state index in [1.165, 1.54) is 7.11 Å². The van der Waals surface area contributed by atoms with E-state index in [4.69, 9.17) is 24.1 Å². The molecule has 11 nitrogen and oxygen atoms in total. The molecule has 0 aliphatic heterocycles. The molecule has 0 aromatic heterocycles. The summed E-state index contributed by atoms with van der Waals surface area (Å²) in [7, 11) is 2.34. The Morgan fingerprint density at radius 3 is 1.79 bits per heavy atom. The number of methoxy groups -OCH3 is 2. The summed E-state index contributed by atoms with van der Waals surface area (Å²) in [5.41, 5.74) is -2.05. The zero-order valence-electron chi connectivity index (χ0n) is 17.9. The van der Waals surface area contributed by atoms with E-state index < -0.39 is 33.4 Å². The first-order valence-corrected chi connectivity index (χ1v) is 8.96. The van der Waals surface area contributed by atoms with Gasteiger partial charge in [0.15, 0.2) is 11.5 Å². The molecule has 0 fully saturated rings. The fraction of sp³-hybridized carbons (Fsp3) is 0.316. The Kier molecular flexibility index (Phi) is 11.7. The lowest BCUT2D eigenvalue weighted by atomic mass is 10.0. The molecule has 2 aromatic rings. The summed E-state index contributed by atoms with van der Waals surface area (Å²) in [6, 6.07) is 5.43. The Balaban J connectivity index is 0.00000189. The van der Waals surface area contributed by atoms with Crippen LogP contribution in [0.2, 0.25) is 0 Å². The van der Waals surface area contributed by atoms with Crippen LogP contribution < -0.4 is 14.2 Å². The van der Waals surface area contributed by atoms with Crippen molar-refractivity contribution in [3.63, 3.8) is 0 Å². The summed E-state index contributed by atoms with van der Waals surface area (Å²) < 4.78 is 55.6. The summed E-state index contributed by atoms with van der Waals surface area (Å²) in [4.78, 5) is 28.6. The number of nitro groups is 2. The number of carbonyl (C=O) groups is 1. The molecule has 2 aromatic carbocycles. The van der Waals surface area contributed by atoms with Crippen LogP contribution in [0.3, 0.4) is 0 Å². The van der Waals surface area contributed by atoms with E-state index in [1.807, 2.05) is 13.8 Å². The molecular formula is C19H21F3N2O9. The minimum atomic E-state index is -5.04.